The molecule has 166 valence electrons. The maximum Gasteiger partial charge on any atom is 0.288 e. The lowest BCUT2D eigenvalue weighted by Crippen LogP contribution is -2.49. The van der Waals surface area contributed by atoms with Gasteiger partial charge in [0.05, 0.1) is 28.7 Å². The smallest absolute Gasteiger partial charge is 0.288 e. The van der Waals surface area contributed by atoms with Crippen LogP contribution >= 0.6 is 23.6 Å². The Kier molecular flexibility index (Phi) is 6.40. The van der Waals surface area contributed by atoms with Gasteiger partial charge in [-0.05, 0) is 50.2 Å². The molecule has 1 saturated heterocycles. The number of thiazole rings is 1. The first kappa shape index (κ1) is 22.3. The van der Waals surface area contributed by atoms with E-state index in [1.165, 1.54) is 0 Å². The van der Waals surface area contributed by atoms with E-state index in [1.54, 1.807) is 26.4 Å². The first-order valence-corrected chi connectivity index (χ1v) is 12.7. The maximum absolute atomic E-state index is 13.1. The van der Waals surface area contributed by atoms with Gasteiger partial charge in [-0.15, -0.1) is 16.4 Å². The Hall–Kier alpha value is -1.92. The fourth-order valence-electron chi connectivity index (χ4n) is 3.58. The average Bonchev–Trinajstić information content (AvgIpc) is 3.29. The number of sulfonamides is 1. The minimum Gasteiger partial charge on any atom is -0.414 e. The van der Waals surface area contributed by atoms with E-state index in [0.717, 1.165) is 21.8 Å². The predicted molar refractivity (Wildman–Crippen MR) is 121 cm³/mol. The van der Waals surface area contributed by atoms with Crippen LogP contribution in [0, 0.1) is 25.6 Å². The molecule has 1 aliphatic heterocycles. The number of aryl methyl sites for hydroxylation is 3. The highest BCUT2D eigenvalue weighted by molar-refractivity contribution is 7.89. The highest BCUT2D eigenvalue weighted by Crippen LogP contribution is 2.22. The van der Waals surface area contributed by atoms with E-state index < -0.39 is 10.0 Å². The van der Waals surface area contributed by atoms with Crippen LogP contribution < -0.4 is 0 Å². The molecule has 8 nitrogen and oxygen atoms in total. The molecule has 1 aromatic carbocycles. The number of hydrogen-bond acceptors (Lipinski definition) is 8. The van der Waals surface area contributed by atoms with Crippen molar-refractivity contribution in [2.75, 3.05) is 26.2 Å². The van der Waals surface area contributed by atoms with Crippen molar-refractivity contribution in [2.24, 2.45) is 0 Å². The minimum atomic E-state index is -3.51. The van der Waals surface area contributed by atoms with E-state index >= 15 is 0 Å². The monoisotopic (exact) mass is 479 g/mol. The van der Waals surface area contributed by atoms with Gasteiger partial charge < -0.3 is 4.42 Å². The van der Waals surface area contributed by atoms with Crippen molar-refractivity contribution in [2.45, 2.75) is 38.8 Å². The average molecular weight is 480 g/mol. The molecule has 0 aliphatic carbocycles. The van der Waals surface area contributed by atoms with Gasteiger partial charge in [-0.1, -0.05) is 12.1 Å². The van der Waals surface area contributed by atoms with Gasteiger partial charge in [-0.2, -0.15) is 4.31 Å². The van der Waals surface area contributed by atoms with Crippen molar-refractivity contribution in [1.29, 1.82) is 0 Å². The van der Waals surface area contributed by atoms with Crippen molar-refractivity contribution in [3.63, 3.8) is 0 Å². The van der Waals surface area contributed by atoms with Crippen LogP contribution in [0.25, 0.3) is 0 Å². The molecule has 1 fully saturated rings. The molecule has 2 aromatic heterocycles. The molecule has 0 atom stereocenters. The summed E-state index contributed by atoms with van der Waals surface area (Å²) in [5.74, 6) is 0.534. The number of hydrogen-bond donors (Lipinski definition) is 0. The lowest BCUT2D eigenvalue weighted by atomic mass is 10.2. The van der Waals surface area contributed by atoms with Crippen LogP contribution in [-0.2, 0) is 23.1 Å². The molecule has 11 heteroatoms. The molecule has 3 heterocycles. The Morgan fingerprint density at radius 3 is 2.58 bits per heavy atom. The molecule has 0 bridgehead atoms. The first-order chi connectivity index (χ1) is 14.7. The summed E-state index contributed by atoms with van der Waals surface area (Å²) in [4.78, 5) is 7.26. The Bertz CT molecular complexity index is 1240. The van der Waals surface area contributed by atoms with Crippen molar-refractivity contribution in [3.05, 3.63) is 56.1 Å². The van der Waals surface area contributed by atoms with E-state index in [0.29, 0.717) is 54.9 Å². The van der Waals surface area contributed by atoms with Gasteiger partial charge >= 0.3 is 0 Å². The van der Waals surface area contributed by atoms with Crippen LogP contribution in [0.1, 0.15) is 27.7 Å². The summed E-state index contributed by atoms with van der Waals surface area (Å²) in [7, 11) is -3.51. The second kappa shape index (κ2) is 8.91. The van der Waals surface area contributed by atoms with Crippen molar-refractivity contribution < 1.29 is 12.8 Å². The molecule has 0 radical (unpaired) electrons. The van der Waals surface area contributed by atoms with E-state index in [1.807, 2.05) is 38.3 Å². The number of benzene rings is 1. The summed E-state index contributed by atoms with van der Waals surface area (Å²) >= 11 is 6.91. The van der Waals surface area contributed by atoms with Crippen LogP contribution in [0.3, 0.4) is 0 Å². The van der Waals surface area contributed by atoms with Gasteiger partial charge in [0.25, 0.3) is 4.84 Å². The summed E-state index contributed by atoms with van der Waals surface area (Å²) in [6, 6.07) is 5.53. The van der Waals surface area contributed by atoms with Crippen LogP contribution in [0.5, 0.6) is 0 Å². The lowest BCUT2D eigenvalue weighted by Gasteiger charge is -2.33. The molecule has 0 N–H and O–H groups in total. The zero-order chi connectivity index (χ0) is 22.2. The third kappa shape index (κ3) is 4.96. The molecule has 31 heavy (non-hydrogen) atoms. The third-order valence-electron chi connectivity index (χ3n) is 5.27. The minimum absolute atomic E-state index is 0.312. The largest absolute Gasteiger partial charge is 0.414 e. The number of piperazine rings is 1. The number of aromatic nitrogens is 3. The van der Waals surface area contributed by atoms with Crippen molar-refractivity contribution in [1.82, 2.24) is 24.0 Å². The summed E-state index contributed by atoms with van der Waals surface area (Å²) in [5, 5.41) is 7.47. The molecular weight excluding hydrogens is 454 g/mol. The molecule has 0 amide bonds. The molecule has 0 spiro atoms. The highest BCUT2D eigenvalue weighted by Gasteiger charge is 2.30. The normalized spacial score (nSPS) is 16.1. The molecule has 3 aromatic rings. The van der Waals surface area contributed by atoms with Crippen LogP contribution in [0.15, 0.2) is 32.9 Å². The van der Waals surface area contributed by atoms with Crippen LogP contribution in [0.4, 0.5) is 0 Å². The zero-order valence-corrected chi connectivity index (χ0v) is 20.2. The molecule has 1 aliphatic rings. The third-order valence-corrected chi connectivity index (χ3v) is 8.43. The molecule has 0 unspecified atom stereocenters. The molecular formula is C20H25N5O3S3. The zero-order valence-electron chi connectivity index (χ0n) is 17.7. The highest BCUT2D eigenvalue weighted by atomic mass is 32.2. The summed E-state index contributed by atoms with van der Waals surface area (Å²) < 4.78 is 35.1. The fourth-order valence-corrected chi connectivity index (χ4v) is 6.12. The van der Waals surface area contributed by atoms with Gasteiger partial charge in [0.1, 0.15) is 0 Å². The Morgan fingerprint density at radius 2 is 1.90 bits per heavy atom. The van der Waals surface area contributed by atoms with Gasteiger partial charge in [0.15, 0.2) is 0 Å². The van der Waals surface area contributed by atoms with Crippen LogP contribution in [-0.4, -0.2) is 58.6 Å². The van der Waals surface area contributed by atoms with Gasteiger partial charge in [-0.25, -0.2) is 18.1 Å². The second-order valence-corrected chi connectivity index (χ2v) is 11.0. The summed E-state index contributed by atoms with van der Waals surface area (Å²) in [6.07, 6.45) is 0.503. The fraction of sp³-hybridized carbons (Fsp3) is 0.450. The lowest BCUT2D eigenvalue weighted by molar-refractivity contribution is 0.143. The van der Waals surface area contributed by atoms with Gasteiger partial charge in [-0.3, -0.25) is 4.90 Å². The Labute approximate surface area is 191 Å². The molecule has 0 saturated carbocycles. The number of nitrogens with zero attached hydrogens (tertiary/aromatic N) is 5. The van der Waals surface area contributed by atoms with Crippen molar-refractivity contribution >= 4 is 33.6 Å². The van der Waals surface area contributed by atoms with E-state index in [9.17, 15) is 8.42 Å². The molecule has 4 rings (SSSR count). The number of rotatable bonds is 6. The van der Waals surface area contributed by atoms with E-state index in [4.69, 9.17) is 16.6 Å². The standard InChI is InChI=1S/C20H25N5O3S3/c1-14-4-5-15(2)18(10-14)31(26,27)24-8-6-23(7-9-24)13-25-20(29)28-19(22-25)11-17-12-30-16(3)21-17/h4-5,10,12H,6-9,11,13H2,1-3H3. The van der Waals surface area contributed by atoms with E-state index in [-0.39, 0.29) is 0 Å². The van der Waals surface area contributed by atoms with Crippen molar-refractivity contribution in [3.8, 4) is 0 Å². The predicted octanol–water partition coefficient (Wildman–Crippen LogP) is 3.14. The summed E-state index contributed by atoms with van der Waals surface area (Å²) in [5.41, 5.74) is 2.62. The topological polar surface area (TPSA) is 84.5 Å². The second-order valence-electron chi connectivity index (χ2n) is 7.73. The maximum atomic E-state index is 13.1. The van der Waals surface area contributed by atoms with E-state index in [2.05, 4.69) is 15.0 Å². The first-order valence-electron chi connectivity index (χ1n) is 10.00. The van der Waals surface area contributed by atoms with Gasteiger partial charge in [0.2, 0.25) is 15.9 Å². The Morgan fingerprint density at radius 1 is 1.16 bits per heavy atom. The summed E-state index contributed by atoms with van der Waals surface area (Å²) in [6.45, 7) is 8.20. The quantitative estimate of drug-likeness (QED) is 0.502. The van der Waals surface area contributed by atoms with Crippen LogP contribution in [0.2, 0.25) is 0 Å². The SMILES string of the molecule is Cc1ccc(C)c(S(=O)(=O)N2CCN(Cn3nc(Cc4csc(C)n4)oc3=S)CC2)c1. The van der Waals surface area contributed by atoms with Gasteiger partial charge in [0, 0.05) is 31.6 Å². The Balaban J connectivity index is 1.39.